The molecule has 0 spiro atoms. The molecule has 0 unspecified atom stereocenters. The minimum Gasteiger partial charge on any atom is -0.492 e. The van der Waals surface area contributed by atoms with Crippen molar-refractivity contribution in [2.75, 3.05) is 19.8 Å². The van der Waals surface area contributed by atoms with E-state index in [4.69, 9.17) is 14.2 Å². The molecule has 0 radical (unpaired) electrons. The lowest BCUT2D eigenvalue weighted by atomic mass is 10.1. The van der Waals surface area contributed by atoms with Gasteiger partial charge in [0.2, 0.25) is 0 Å². The SMILES string of the molecule is CCCCCOC(=O)c1c2cccccc-2c(C(=O)OCC)c1OCC. The van der Waals surface area contributed by atoms with Gasteiger partial charge >= 0.3 is 11.9 Å². The normalized spacial score (nSPS) is 10.6. The van der Waals surface area contributed by atoms with Gasteiger partial charge in [-0.2, -0.15) is 0 Å². The Morgan fingerprint density at radius 1 is 0.808 bits per heavy atom. The van der Waals surface area contributed by atoms with E-state index >= 15 is 0 Å². The number of unbranched alkanes of at least 4 members (excludes halogenated alkanes) is 2. The fraction of sp³-hybridized carbons (Fsp3) is 0.429. The molecule has 26 heavy (non-hydrogen) atoms. The third kappa shape index (κ3) is 4.34. The fourth-order valence-electron chi connectivity index (χ4n) is 2.84. The molecule has 0 saturated carbocycles. The molecule has 0 atom stereocenters. The Labute approximate surface area is 154 Å². The van der Waals surface area contributed by atoms with E-state index in [1.54, 1.807) is 19.1 Å². The summed E-state index contributed by atoms with van der Waals surface area (Å²) < 4.78 is 16.3. The zero-order chi connectivity index (χ0) is 18.9. The first kappa shape index (κ1) is 19.8. The summed E-state index contributed by atoms with van der Waals surface area (Å²) in [4.78, 5) is 25.3. The average Bonchev–Trinajstić information content (AvgIpc) is 2.76. The van der Waals surface area contributed by atoms with Gasteiger partial charge in [0.25, 0.3) is 0 Å². The van der Waals surface area contributed by atoms with Crippen molar-refractivity contribution in [1.29, 1.82) is 0 Å². The second kappa shape index (κ2) is 9.80. The zero-order valence-electron chi connectivity index (χ0n) is 15.7. The van der Waals surface area contributed by atoms with Gasteiger partial charge in [-0.15, -0.1) is 0 Å². The van der Waals surface area contributed by atoms with Crippen molar-refractivity contribution >= 4 is 11.9 Å². The maximum atomic E-state index is 12.8. The van der Waals surface area contributed by atoms with Crippen LogP contribution in [0.5, 0.6) is 5.75 Å². The molecular weight excluding hydrogens is 332 g/mol. The van der Waals surface area contributed by atoms with Gasteiger partial charge in [-0.1, -0.05) is 50.1 Å². The number of esters is 2. The van der Waals surface area contributed by atoms with Crippen LogP contribution >= 0.6 is 0 Å². The first-order valence-corrected chi connectivity index (χ1v) is 9.17. The molecule has 0 aliphatic heterocycles. The Kier molecular flexibility index (Phi) is 7.45. The Morgan fingerprint density at radius 2 is 1.42 bits per heavy atom. The lowest BCUT2D eigenvalue weighted by Crippen LogP contribution is -2.10. The van der Waals surface area contributed by atoms with Gasteiger partial charge in [0.05, 0.1) is 19.8 Å². The van der Waals surface area contributed by atoms with Crippen LogP contribution in [0.2, 0.25) is 0 Å². The van der Waals surface area contributed by atoms with Gasteiger partial charge < -0.3 is 14.2 Å². The summed E-state index contributed by atoms with van der Waals surface area (Å²) in [7, 11) is 0. The van der Waals surface area contributed by atoms with Gasteiger partial charge in [-0.05, 0) is 20.3 Å². The third-order valence-electron chi connectivity index (χ3n) is 3.98. The average molecular weight is 358 g/mol. The van der Waals surface area contributed by atoms with Crippen molar-refractivity contribution in [3.63, 3.8) is 0 Å². The van der Waals surface area contributed by atoms with E-state index in [2.05, 4.69) is 6.92 Å². The molecule has 0 amide bonds. The summed E-state index contributed by atoms with van der Waals surface area (Å²) in [5.41, 5.74) is 1.82. The zero-order valence-corrected chi connectivity index (χ0v) is 15.7. The predicted octanol–water partition coefficient (Wildman–Crippen LogP) is 4.71. The minimum absolute atomic E-state index is 0.243. The molecule has 2 aliphatic carbocycles. The number of carbonyl (C=O) groups excluding carboxylic acids is 2. The van der Waals surface area contributed by atoms with Crippen LogP contribution in [0, 0.1) is 0 Å². The topological polar surface area (TPSA) is 61.8 Å². The van der Waals surface area contributed by atoms with Crippen molar-refractivity contribution in [2.24, 2.45) is 0 Å². The van der Waals surface area contributed by atoms with Crippen molar-refractivity contribution < 1.29 is 23.8 Å². The summed E-state index contributed by atoms with van der Waals surface area (Å²) in [6.07, 6.45) is 2.85. The number of rotatable bonds is 9. The molecule has 0 saturated heterocycles. The molecule has 2 rings (SSSR count). The lowest BCUT2D eigenvalue weighted by Gasteiger charge is -2.09. The van der Waals surface area contributed by atoms with Crippen molar-refractivity contribution in [3.8, 4) is 16.9 Å². The first-order valence-electron chi connectivity index (χ1n) is 9.17. The third-order valence-corrected chi connectivity index (χ3v) is 3.98. The second-order valence-corrected chi connectivity index (χ2v) is 5.81. The molecule has 0 aromatic carbocycles. The fourth-order valence-corrected chi connectivity index (χ4v) is 2.84. The van der Waals surface area contributed by atoms with E-state index in [-0.39, 0.29) is 23.5 Å². The number of ether oxygens (including phenoxy) is 3. The highest BCUT2D eigenvalue weighted by Crippen LogP contribution is 2.42. The van der Waals surface area contributed by atoms with Crippen LogP contribution < -0.4 is 4.74 Å². The number of hydrogen-bond acceptors (Lipinski definition) is 5. The Morgan fingerprint density at radius 3 is 1.96 bits per heavy atom. The number of carbonyl (C=O) groups is 2. The molecule has 0 heterocycles. The van der Waals surface area contributed by atoms with Crippen LogP contribution in [0.4, 0.5) is 0 Å². The predicted molar refractivity (Wildman–Crippen MR) is 100.0 cm³/mol. The van der Waals surface area contributed by atoms with Crippen LogP contribution in [0.1, 0.15) is 60.7 Å². The summed E-state index contributed by atoms with van der Waals surface area (Å²) >= 11 is 0. The molecule has 0 fully saturated rings. The van der Waals surface area contributed by atoms with E-state index in [0.29, 0.717) is 24.3 Å². The monoisotopic (exact) mass is 358 g/mol. The van der Waals surface area contributed by atoms with Gasteiger partial charge in [-0.3, -0.25) is 0 Å². The molecule has 0 N–H and O–H groups in total. The Hall–Kier alpha value is -2.56. The summed E-state index contributed by atoms with van der Waals surface area (Å²) in [6.45, 7) is 6.55. The first-order chi connectivity index (χ1) is 12.7. The van der Waals surface area contributed by atoms with Crippen LogP contribution in [0.25, 0.3) is 11.1 Å². The van der Waals surface area contributed by atoms with E-state index in [1.165, 1.54) is 0 Å². The number of fused-ring (bicyclic) bond motifs is 1. The highest BCUT2D eigenvalue weighted by molar-refractivity contribution is 6.12. The van der Waals surface area contributed by atoms with E-state index < -0.39 is 11.9 Å². The molecule has 140 valence electrons. The molecule has 0 aromatic heterocycles. The molecule has 0 aromatic rings. The molecule has 0 bridgehead atoms. The maximum absolute atomic E-state index is 12.8. The maximum Gasteiger partial charge on any atom is 0.342 e. The summed E-state index contributed by atoms with van der Waals surface area (Å²) in [5.74, 6) is -0.735. The number of hydrogen-bond donors (Lipinski definition) is 0. The smallest absolute Gasteiger partial charge is 0.342 e. The highest BCUT2D eigenvalue weighted by Gasteiger charge is 2.33. The second-order valence-electron chi connectivity index (χ2n) is 5.81. The van der Waals surface area contributed by atoms with Crippen molar-refractivity contribution in [3.05, 3.63) is 41.5 Å². The van der Waals surface area contributed by atoms with Crippen LogP contribution in [-0.2, 0) is 9.47 Å². The lowest BCUT2D eigenvalue weighted by molar-refractivity contribution is 0.0495. The highest BCUT2D eigenvalue weighted by atomic mass is 16.5. The molecular formula is C21H26O5. The van der Waals surface area contributed by atoms with Crippen LogP contribution in [-0.4, -0.2) is 31.8 Å². The molecule has 2 aliphatic rings. The van der Waals surface area contributed by atoms with Crippen LogP contribution in [0.15, 0.2) is 30.3 Å². The van der Waals surface area contributed by atoms with Gasteiger partial charge in [0.15, 0.2) is 0 Å². The van der Waals surface area contributed by atoms with Crippen molar-refractivity contribution in [1.82, 2.24) is 0 Å². The van der Waals surface area contributed by atoms with Gasteiger partial charge in [-0.25, -0.2) is 9.59 Å². The largest absolute Gasteiger partial charge is 0.492 e. The Bertz CT molecular complexity index is 723. The van der Waals surface area contributed by atoms with Gasteiger partial charge in [0.1, 0.15) is 16.9 Å². The minimum atomic E-state index is -0.503. The summed E-state index contributed by atoms with van der Waals surface area (Å²) in [5, 5.41) is 0. The standard InChI is InChI=1S/C21H26O5/c1-4-7-11-14-26-21(23)18-16-13-10-8-9-12-15(16)17(19(18)24-5-2)20(22)25-6-3/h8-10,12-13H,4-7,11,14H2,1-3H3. The molecule has 5 heteroatoms. The molecule has 5 nitrogen and oxygen atoms in total. The Balaban J connectivity index is 2.52. The quantitative estimate of drug-likeness (QED) is 0.480. The van der Waals surface area contributed by atoms with E-state index in [9.17, 15) is 9.59 Å². The van der Waals surface area contributed by atoms with Crippen molar-refractivity contribution in [2.45, 2.75) is 40.0 Å². The van der Waals surface area contributed by atoms with E-state index in [0.717, 1.165) is 19.3 Å². The van der Waals surface area contributed by atoms with Crippen LogP contribution in [0.3, 0.4) is 0 Å². The van der Waals surface area contributed by atoms with E-state index in [1.807, 2.05) is 25.1 Å². The van der Waals surface area contributed by atoms with Gasteiger partial charge in [0, 0.05) is 11.1 Å². The summed E-state index contributed by atoms with van der Waals surface area (Å²) in [6, 6.07) is 9.06.